The quantitative estimate of drug-likeness (QED) is 0.839. The van der Waals surface area contributed by atoms with Gasteiger partial charge in [0.25, 0.3) is 0 Å². The van der Waals surface area contributed by atoms with Gasteiger partial charge < -0.3 is 11.1 Å². The summed E-state index contributed by atoms with van der Waals surface area (Å²) in [4.78, 5) is 8.29. The van der Waals surface area contributed by atoms with E-state index in [1.165, 1.54) is 5.56 Å². The molecule has 3 N–H and O–H groups in total. The highest BCUT2D eigenvalue weighted by Gasteiger charge is 2.04. The van der Waals surface area contributed by atoms with Gasteiger partial charge in [0.05, 0.1) is 6.54 Å². The topological polar surface area (TPSA) is 63.8 Å². The Morgan fingerprint density at radius 1 is 1.24 bits per heavy atom. The number of hydrogen-bond acceptors (Lipinski definition) is 4. The summed E-state index contributed by atoms with van der Waals surface area (Å²) in [5.41, 5.74) is 6.84. The fourth-order valence-electron chi connectivity index (χ4n) is 1.60. The smallest absolute Gasteiger partial charge is 0.144 e. The number of nitrogens with one attached hydrogen (secondary N) is 1. The van der Waals surface area contributed by atoms with Crippen molar-refractivity contribution in [1.29, 1.82) is 0 Å². The Labute approximate surface area is 101 Å². The number of anilines is 1. The maximum Gasteiger partial charge on any atom is 0.144 e. The first-order valence-corrected chi connectivity index (χ1v) is 5.61. The number of rotatable bonds is 4. The van der Waals surface area contributed by atoms with Crippen LogP contribution < -0.4 is 11.1 Å². The van der Waals surface area contributed by atoms with Gasteiger partial charge in [0.1, 0.15) is 11.6 Å². The second-order valence-electron chi connectivity index (χ2n) is 3.91. The van der Waals surface area contributed by atoms with Gasteiger partial charge in [0, 0.05) is 12.2 Å². The van der Waals surface area contributed by atoms with Gasteiger partial charge in [-0.15, -0.1) is 0 Å². The molecule has 0 radical (unpaired) electrons. The first-order valence-electron chi connectivity index (χ1n) is 5.61. The predicted molar refractivity (Wildman–Crippen MR) is 68.1 cm³/mol. The van der Waals surface area contributed by atoms with Crippen LogP contribution in [-0.2, 0) is 6.54 Å². The SMILES string of the molecule is CC(NCc1nccc(N)n1)c1ccccc1. The van der Waals surface area contributed by atoms with Gasteiger partial charge in [-0.3, -0.25) is 0 Å². The van der Waals surface area contributed by atoms with Gasteiger partial charge >= 0.3 is 0 Å². The second kappa shape index (κ2) is 5.41. The Balaban J connectivity index is 1.95. The van der Waals surface area contributed by atoms with E-state index in [0.29, 0.717) is 18.2 Å². The minimum atomic E-state index is 0.265. The van der Waals surface area contributed by atoms with E-state index < -0.39 is 0 Å². The summed E-state index contributed by atoms with van der Waals surface area (Å²) in [5, 5.41) is 3.36. The van der Waals surface area contributed by atoms with E-state index >= 15 is 0 Å². The van der Waals surface area contributed by atoms with Crippen LogP contribution in [0.2, 0.25) is 0 Å². The minimum Gasteiger partial charge on any atom is -0.384 e. The van der Waals surface area contributed by atoms with E-state index in [-0.39, 0.29) is 6.04 Å². The summed E-state index contributed by atoms with van der Waals surface area (Å²) in [6.45, 7) is 2.72. The second-order valence-corrected chi connectivity index (χ2v) is 3.91. The average molecular weight is 228 g/mol. The van der Waals surface area contributed by atoms with Crippen LogP contribution in [-0.4, -0.2) is 9.97 Å². The minimum absolute atomic E-state index is 0.265. The Bertz CT molecular complexity index is 470. The van der Waals surface area contributed by atoms with Crippen LogP contribution in [0.1, 0.15) is 24.4 Å². The van der Waals surface area contributed by atoms with Gasteiger partial charge in [-0.2, -0.15) is 0 Å². The van der Waals surface area contributed by atoms with E-state index in [2.05, 4.69) is 34.3 Å². The predicted octanol–water partition coefficient (Wildman–Crippen LogP) is 1.91. The van der Waals surface area contributed by atoms with E-state index in [9.17, 15) is 0 Å². The van der Waals surface area contributed by atoms with Gasteiger partial charge in [-0.1, -0.05) is 30.3 Å². The Kier molecular flexibility index (Phi) is 3.67. The monoisotopic (exact) mass is 228 g/mol. The van der Waals surface area contributed by atoms with Crippen molar-refractivity contribution >= 4 is 5.82 Å². The molecule has 1 aromatic carbocycles. The molecule has 0 amide bonds. The summed E-state index contributed by atoms with van der Waals surface area (Å²) in [5.74, 6) is 1.22. The number of nitrogens with zero attached hydrogens (tertiary/aromatic N) is 2. The average Bonchev–Trinajstić information content (AvgIpc) is 2.37. The highest BCUT2D eigenvalue weighted by molar-refractivity contribution is 5.25. The Morgan fingerprint density at radius 2 is 2.00 bits per heavy atom. The third kappa shape index (κ3) is 3.26. The normalized spacial score (nSPS) is 12.3. The summed E-state index contributed by atoms with van der Waals surface area (Å²) in [6, 6.07) is 12.2. The first-order chi connectivity index (χ1) is 8.25. The molecule has 1 heterocycles. The lowest BCUT2D eigenvalue weighted by atomic mass is 10.1. The fourth-order valence-corrected chi connectivity index (χ4v) is 1.60. The summed E-state index contributed by atoms with van der Waals surface area (Å²) < 4.78 is 0. The van der Waals surface area contributed by atoms with E-state index in [1.807, 2.05) is 18.2 Å². The zero-order valence-electron chi connectivity index (χ0n) is 9.80. The van der Waals surface area contributed by atoms with Crippen LogP contribution >= 0.6 is 0 Å². The number of nitrogen functional groups attached to an aromatic ring is 1. The van der Waals surface area contributed by atoms with Crippen molar-refractivity contribution in [2.75, 3.05) is 5.73 Å². The van der Waals surface area contributed by atoms with Crippen molar-refractivity contribution < 1.29 is 0 Å². The zero-order chi connectivity index (χ0) is 12.1. The maximum absolute atomic E-state index is 5.60. The van der Waals surface area contributed by atoms with Gasteiger partial charge in [-0.25, -0.2) is 9.97 Å². The molecule has 2 aromatic rings. The molecule has 1 unspecified atom stereocenters. The highest BCUT2D eigenvalue weighted by atomic mass is 15.0. The zero-order valence-corrected chi connectivity index (χ0v) is 9.80. The molecule has 0 spiro atoms. The molecule has 0 aliphatic heterocycles. The maximum atomic E-state index is 5.60. The number of nitrogens with two attached hydrogens (primary N) is 1. The molecule has 2 rings (SSSR count). The van der Waals surface area contributed by atoms with Crippen LogP contribution in [0, 0.1) is 0 Å². The first kappa shape index (κ1) is 11.5. The van der Waals surface area contributed by atoms with Crippen LogP contribution in [0.5, 0.6) is 0 Å². The largest absolute Gasteiger partial charge is 0.384 e. The summed E-state index contributed by atoms with van der Waals surface area (Å²) >= 11 is 0. The van der Waals surface area contributed by atoms with E-state index in [0.717, 1.165) is 0 Å². The summed E-state index contributed by atoms with van der Waals surface area (Å²) in [6.07, 6.45) is 1.67. The summed E-state index contributed by atoms with van der Waals surface area (Å²) in [7, 11) is 0. The molecule has 1 aromatic heterocycles. The molecule has 4 nitrogen and oxygen atoms in total. The molecule has 0 saturated heterocycles. The van der Waals surface area contributed by atoms with Crippen molar-refractivity contribution in [3.8, 4) is 0 Å². The van der Waals surface area contributed by atoms with Crippen molar-refractivity contribution in [3.05, 3.63) is 54.0 Å². The fraction of sp³-hybridized carbons (Fsp3) is 0.231. The number of benzene rings is 1. The number of hydrogen-bond donors (Lipinski definition) is 2. The standard InChI is InChI=1S/C13H16N4/c1-10(11-5-3-2-4-6-11)16-9-13-15-8-7-12(14)17-13/h2-8,10,16H,9H2,1H3,(H2,14,15,17). The van der Waals surface area contributed by atoms with Crippen LogP contribution in [0.3, 0.4) is 0 Å². The third-order valence-electron chi connectivity index (χ3n) is 2.59. The molecule has 0 fully saturated rings. The van der Waals surface area contributed by atoms with Crippen LogP contribution in [0.25, 0.3) is 0 Å². The lowest BCUT2D eigenvalue weighted by Gasteiger charge is -2.13. The molecule has 0 aliphatic rings. The highest BCUT2D eigenvalue weighted by Crippen LogP contribution is 2.11. The molecule has 1 atom stereocenters. The van der Waals surface area contributed by atoms with Crippen molar-refractivity contribution in [2.24, 2.45) is 0 Å². The molecule has 17 heavy (non-hydrogen) atoms. The van der Waals surface area contributed by atoms with Gasteiger partial charge in [0.15, 0.2) is 0 Å². The van der Waals surface area contributed by atoms with E-state index in [4.69, 9.17) is 5.73 Å². The lowest BCUT2D eigenvalue weighted by Crippen LogP contribution is -2.19. The Morgan fingerprint density at radius 3 is 2.71 bits per heavy atom. The molecule has 88 valence electrons. The van der Waals surface area contributed by atoms with Crippen molar-refractivity contribution in [1.82, 2.24) is 15.3 Å². The van der Waals surface area contributed by atoms with Gasteiger partial charge in [-0.05, 0) is 18.6 Å². The van der Waals surface area contributed by atoms with E-state index in [1.54, 1.807) is 12.3 Å². The molecule has 0 aliphatic carbocycles. The molecule has 0 saturated carbocycles. The molecular weight excluding hydrogens is 212 g/mol. The molecule has 0 bridgehead atoms. The van der Waals surface area contributed by atoms with Crippen LogP contribution in [0.15, 0.2) is 42.6 Å². The third-order valence-corrected chi connectivity index (χ3v) is 2.59. The van der Waals surface area contributed by atoms with Gasteiger partial charge in [0.2, 0.25) is 0 Å². The van der Waals surface area contributed by atoms with Crippen molar-refractivity contribution in [3.63, 3.8) is 0 Å². The van der Waals surface area contributed by atoms with Crippen molar-refractivity contribution in [2.45, 2.75) is 19.5 Å². The number of aromatic nitrogens is 2. The lowest BCUT2D eigenvalue weighted by molar-refractivity contribution is 0.559. The Hall–Kier alpha value is -1.94. The van der Waals surface area contributed by atoms with Crippen LogP contribution in [0.4, 0.5) is 5.82 Å². The molecular formula is C13H16N4. The molecule has 4 heteroatoms.